The molecule has 0 radical (unpaired) electrons. The molecule has 0 spiro atoms. The van der Waals surface area contributed by atoms with Crippen molar-refractivity contribution in [1.29, 1.82) is 0 Å². The van der Waals surface area contributed by atoms with Gasteiger partial charge in [-0.05, 0) is 23.8 Å². The number of nitrogens with one attached hydrogen (secondary N) is 1. The third-order valence-electron chi connectivity index (χ3n) is 5.33. The van der Waals surface area contributed by atoms with Crippen molar-refractivity contribution in [3.63, 3.8) is 0 Å². The molecule has 2 aromatic carbocycles. The maximum atomic E-state index is 13.0. The number of nitrogens with zero attached hydrogens (tertiary/aromatic N) is 2. The van der Waals surface area contributed by atoms with Crippen molar-refractivity contribution in [1.82, 2.24) is 14.8 Å². The topological polar surface area (TPSA) is 56.4 Å². The molecular formula is C22H20F3N3O2. The molecule has 3 aromatic rings. The van der Waals surface area contributed by atoms with E-state index in [-0.39, 0.29) is 11.5 Å². The highest BCUT2D eigenvalue weighted by Crippen LogP contribution is 2.29. The summed E-state index contributed by atoms with van der Waals surface area (Å²) in [5, 5.41) is 0.703. The highest BCUT2D eigenvalue weighted by molar-refractivity contribution is 6.05. The Morgan fingerprint density at radius 2 is 1.63 bits per heavy atom. The highest BCUT2D eigenvalue weighted by atomic mass is 19.4. The predicted molar refractivity (Wildman–Crippen MR) is 107 cm³/mol. The van der Waals surface area contributed by atoms with Gasteiger partial charge >= 0.3 is 6.18 Å². The standard InChI is InChI=1S/C22H20F3N3O2/c23-22(24,25)16-7-5-15(6-8-16)14-27-9-11-28(12-10-27)21(30)18-13-20(29)26-19-4-2-1-3-17(18)19/h1-8,13H,9-12,14H2,(H,26,29). The summed E-state index contributed by atoms with van der Waals surface area (Å²) in [6.07, 6.45) is -4.34. The molecule has 1 fully saturated rings. The minimum absolute atomic E-state index is 0.188. The van der Waals surface area contributed by atoms with Crippen LogP contribution < -0.4 is 5.56 Å². The summed E-state index contributed by atoms with van der Waals surface area (Å²) in [4.78, 5) is 31.5. The van der Waals surface area contributed by atoms with Crippen LogP contribution in [0.2, 0.25) is 0 Å². The van der Waals surface area contributed by atoms with Crippen LogP contribution in [0, 0.1) is 0 Å². The number of aromatic nitrogens is 1. The van der Waals surface area contributed by atoms with Gasteiger partial charge in [0.2, 0.25) is 5.56 Å². The summed E-state index contributed by atoms with van der Waals surface area (Å²) in [6.45, 7) is 2.71. The first-order valence-corrected chi connectivity index (χ1v) is 9.61. The highest BCUT2D eigenvalue weighted by Gasteiger charge is 2.30. The zero-order chi connectivity index (χ0) is 21.3. The summed E-state index contributed by atoms with van der Waals surface area (Å²) in [6, 6.07) is 13.7. The van der Waals surface area contributed by atoms with Crippen molar-refractivity contribution < 1.29 is 18.0 Å². The molecule has 30 heavy (non-hydrogen) atoms. The number of alkyl halides is 3. The summed E-state index contributed by atoms with van der Waals surface area (Å²) in [5.41, 5.74) is 0.813. The number of hydrogen-bond donors (Lipinski definition) is 1. The Morgan fingerprint density at radius 3 is 2.30 bits per heavy atom. The number of benzene rings is 2. The summed E-state index contributed by atoms with van der Waals surface area (Å²) < 4.78 is 38.1. The molecule has 0 bridgehead atoms. The van der Waals surface area contributed by atoms with Crippen molar-refractivity contribution >= 4 is 16.8 Å². The maximum Gasteiger partial charge on any atom is 0.416 e. The quantitative estimate of drug-likeness (QED) is 0.713. The molecule has 1 aromatic heterocycles. The average Bonchev–Trinajstić information content (AvgIpc) is 2.73. The molecule has 5 nitrogen and oxygen atoms in total. The molecule has 1 aliphatic heterocycles. The Balaban J connectivity index is 1.41. The van der Waals surface area contributed by atoms with E-state index in [0.29, 0.717) is 49.2 Å². The van der Waals surface area contributed by atoms with Gasteiger partial charge in [0, 0.05) is 49.7 Å². The number of aromatic amines is 1. The van der Waals surface area contributed by atoms with Gasteiger partial charge in [0.15, 0.2) is 0 Å². The van der Waals surface area contributed by atoms with Gasteiger partial charge in [-0.25, -0.2) is 0 Å². The molecule has 1 saturated heterocycles. The van der Waals surface area contributed by atoms with Crippen LogP contribution in [0.4, 0.5) is 13.2 Å². The molecular weight excluding hydrogens is 395 g/mol. The Kier molecular flexibility index (Phi) is 5.34. The van der Waals surface area contributed by atoms with Crippen LogP contribution in [0.3, 0.4) is 0 Å². The minimum Gasteiger partial charge on any atom is -0.336 e. The number of para-hydroxylation sites is 1. The van der Waals surface area contributed by atoms with E-state index in [1.54, 1.807) is 23.1 Å². The maximum absolute atomic E-state index is 13.0. The Bertz CT molecular complexity index is 1110. The normalized spacial score (nSPS) is 15.5. The molecule has 0 aliphatic carbocycles. The van der Waals surface area contributed by atoms with Crippen molar-refractivity contribution in [2.24, 2.45) is 0 Å². The fraction of sp³-hybridized carbons (Fsp3) is 0.273. The third-order valence-corrected chi connectivity index (χ3v) is 5.33. The van der Waals surface area contributed by atoms with Crippen LogP contribution in [0.15, 0.2) is 59.4 Å². The van der Waals surface area contributed by atoms with Crippen LogP contribution in [-0.4, -0.2) is 46.9 Å². The fourth-order valence-corrected chi connectivity index (χ4v) is 3.72. The SMILES string of the molecule is O=C(c1cc(=O)[nH]c2ccccc12)N1CCN(Cc2ccc(C(F)(F)F)cc2)CC1. The number of amides is 1. The van der Waals surface area contributed by atoms with Crippen molar-refractivity contribution in [2.75, 3.05) is 26.2 Å². The Labute approximate surface area is 170 Å². The molecule has 8 heteroatoms. The van der Waals surface area contributed by atoms with Crippen LogP contribution in [0.5, 0.6) is 0 Å². The van der Waals surface area contributed by atoms with Gasteiger partial charge in [-0.15, -0.1) is 0 Å². The molecule has 0 saturated carbocycles. The number of pyridine rings is 1. The monoisotopic (exact) mass is 415 g/mol. The molecule has 1 amide bonds. The van der Waals surface area contributed by atoms with Crippen LogP contribution in [-0.2, 0) is 12.7 Å². The average molecular weight is 415 g/mol. The third kappa shape index (κ3) is 4.23. The molecule has 0 unspecified atom stereocenters. The molecule has 156 valence electrons. The van der Waals surface area contributed by atoms with Gasteiger partial charge in [-0.1, -0.05) is 30.3 Å². The molecule has 4 rings (SSSR count). The van der Waals surface area contributed by atoms with E-state index in [4.69, 9.17) is 0 Å². The number of fused-ring (bicyclic) bond motifs is 1. The molecule has 2 heterocycles. The second-order valence-corrected chi connectivity index (χ2v) is 7.36. The number of hydrogen-bond acceptors (Lipinski definition) is 3. The van der Waals surface area contributed by atoms with Crippen LogP contribution in [0.25, 0.3) is 10.9 Å². The molecule has 1 N–H and O–H groups in total. The lowest BCUT2D eigenvalue weighted by atomic mass is 10.1. The van der Waals surface area contributed by atoms with Crippen LogP contribution >= 0.6 is 0 Å². The lowest BCUT2D eigenvalue weighted by Crippen LogP contribution is -2.48. The minimum atomic E-state index is -4.34. The number of carbonyl (C=O) groups is 1. The Hall–Kier alpha value is -3.13. The summed E-state index contributed by atoms with van der Waals surface area (Å²) in [7, 11) is 0. The zero-order valence-electron chi connectivity index (χ0n) is 16.1. The first kappa shape index (κ1) is 20.2. The van der Waals surface area contributed by atoms with E-state index in [0.717, 1.165) is 17.7 Å². The summed E-state index contributed by atoms with van der Waals surface area (Å²) in [5.74, 6) is -0.188. The Morgan fingerprint density at radius 1 is 0.967 bits per heavy atom. The molecule has 1 aliphatic rings. The first-order chi connectivity index (χ1) is 14.3. The molecule has 0 atom stereocenters. The van der Waals surface area contributed by atoms with Gasteiger partial charge in [-0.3, -0.25) is 14.5 Å². The largest absolute Gasteiger partial charge is 0.416 e. The lowest BCUT2D eigenvalue weighted by molar-refractivity contribution is -0.137. The zero-order valence-corrected chi connectivity index (χ0v) is 16.1. The number of piperazine rings is 1. The number of rotatable bonds is 3. The van der Waals surface area contributed by atoms with Gasteiger partial charge in [0.25, 0.3) is 5.91 Å². The van der Waals surface area contributed by atoms with Gasteiger partial charge in [-0.2, -0.15) is 13.2 Å². The number of halogens is 3. The van der Waals surface area contributed by atoms with Crippen molar-refractivity contribution in [2.45, 2.75) is 12.7 Å². The smallest absolute Gasteiger partial charge is 0.336 e. The van der Waals surface area contributed by atoms with E-state index in [1.165, 1.54) is 18.2 Å². The van der Waals surface area contributed by atoms with E-state index < -0.39 is 11.7 Å². The fourth-order valence-electron chi connectivity index (χ4n) is 3.72. The van der Waals surface area contributed by atoms with E-state index in [9.17, 15) is 22.8 Å². The van der Waals surface area contributed by atoms with Crippen molar-refractivity contribution in [3.8, 4) is 0 Å². The number of carbonyl (C=O) groups excluding carboxylic acids is 1. The number of H-pyrrole nitrogens is 1. The van der Waals surface area contributed by atoms with E-state index >= 15 is 0 Å². The van der Waals surface area contributed by atoms with Gasteiger partial charge in [0.1, 0.15) is 0 Å². The van der Waals surface area contributed by atoms with Crippen LogP contribution in [0.1, 0.15) is 21.5 Å². The van der Waals surface area contributed by atoms with Gasteiger partial charge in [0.05, 0.1) is 11.1 Å². The second-order valence-electron chi connectivity index (χ2n) is 7.36. The second kappa shape index (κ2) is 7.95. The lowest BCUT2D eigenvalue weighted by Gasteiger charge is -2.35. The van der Waals surface area contributed by atoms with Gasteiger partial charge < -0.3 is 9.88 Å². The van der Waals surface area contributed by atoms with E-state index in [1.807, 2.05) is 6.07 Å². The first-order valence-electron chi connectivity index (χ1n) is 9.61. The van der Waals surface area contributed by atoms with Crippen molar-refractivity contribution in [3.05, 3.63) is 81.6 Å². The summed E-state index contributed by atoms with van der Waals surface area (Å²) >= 11 is 0. The van der Waals surface area contributed by atoms with E-state index in [2.05, 4.69) is 9.88 Å². The predicted octanol–water partition coefficient (Wildman–Crippen LogP) is 3.50.